The lowest BCUT2D eigenvalue weighted by molar-refractivity contribution is -0.261. The highest BCUT2D eigenvalue weighted by Crippen LogP contribution is 2.24. The SMILES string of the molecule is CO[C@@H]1[C@H](NC(C)=O)[C@@H](OC(C)=O)[C@@H](C)O[C@@H]1O. The summed E-state index contributed by atoms with van der Waals surface area (Å²) in [7, 11) is 1.38. The molecule has 0 saturated carbocycles. The van der Waals surface area contributed by atoms with Gasteiger partial charge in [0.2, 0.25) is 5.91 Å². The maximum Gasteiger partial charge on any atom is 0.303 e. The molecule has 7 nitrogen and oxygen atoms in total. The number of methoxy groups -OCH3 is 1. The Kier molecular flexibility index (Phi) is 5.06. The molecule has 2 N–H and O–H groups in total. The quantitative estimate of drug-likeness (QED) is 0.644. The maximum atomic E-state index is 11.2. The van der Waals surface area contributed by atoms with E-state index in [-0.39, 0.29) is 5.91 Å². The summed E-state index contributed by atoms with van der Waals surface area (Å²) in [5, 5.41) is 12.4. The van der Waals surface area contributed by atoms with Gasteiger partial charge in [0.25, 0.3) is 0 Å². The molecule has 0 radical (unpaired) electrons. The van der Waals surface area contributed by atoms with Gasteiger partial charge in [0, 0.05) is 21.0 Å². The van der Waals surface area contributed by atoms with Gasteiger partial charge in [-0.15, -0.1) is 0 Å². The topological polar surface area (TPSA) is 94.1 Å². The van der Waals surface area contributed by atoms with Crippen molar-refractivity contribution >= 4 is 11.9 Å². The molecule has 0 spiro atoms. The molecule has 1 saturated heterocycles. The molecule has 1 heterocycles. The van der Waals surface area contributed by atoms with Crippen LogP contribution in [0.4, 0.5) is 0 Å². The first-order chi connectivity index (χ1) is 8.36. The minimum absolute atomic E-state index is 0.305. The summed E-state index contributed by atoms with van der Waals surface area (Å²) in [6.45, 7) is 4.26. The van der Waals surface area contributed by atoms with Gasteiger partial charge in [-0.25, -0.2) is 0 Å². The summed E-state index contributed by atoms with van der Waals surface area (Å²) in [5.41, 5.74) is 0. The summed E-state index contributed by atoms with van der Waals surface area (Å²) in [5.74, 6) is -0.794. The van der Waals surface area contributed by atoms with E-state index in [2.05, 4.69) is 5.32 Å². The maximum absolute atomic E-state index is 11.2. The fourth-order valence-corrected chi connectivity index (χ4v) is 2.05. The van der Waals surface area contributed by atoms with Gasteiger partial charge in [-0.2, -0.15) is 0 Å². The van der Waals surface area contributed by atoms with E-state index in [0.717, 1.165) is 0 Å². The Labute approximate surface area is 105 Å². The summed E-state index contributed by atoms with van der Waals surface area (Å²) in [4.78, 5) is 22.3. The number of hydrogen-bond donors (Lipinski definition) is 2. The number of carbonyl (C=O) groups is 2. The van der Waals surface area contributed by atoms with Crippen LogP contribution < -0.4 is 5.32 Å². The monoisotopic (exact) mass is 261 g/mol. The molecule has 1 fully saturated rings. The molecule has 0 unspecified atom stereocenters. The van der Waals surface area contributed by atoms with E-state index in [9.17, 15) is 14.7 Å². The van der Waals surface area contributed by atoms with Crippen LogP contribution in [0.5, 0.6) is 0 Å². The van der Waals surface area contributed by atoms with Crippen molar-refractivity contribution < 1.29 is 28.9 Å². The predicted molar refractivity (Wildman–Crippen MR) is 60.5 cm³/mol. The number of esters is 1. The Morgan fingerprint density at radius 3 is 2.33 bits per heavy atom. The fraction of sp³-hybridized carbons (Fsp3) is 0.818. The second-order valence-corrected chi connectivity index (χ2v) is 4.23. The molecule has 0 aromatic rings. The van der Waals surface area contributed by atoms with Crippen LogP contribution in [0.1, 0.15) is 20.8 Å². The fourth-order valence-electron chi connectivity index (χ4n) is 2.05. The molecule has 0 aromatic carbocycles. The molecule has 18 heavy (non-hydrogen) atoms. The van der Waals surface area contributed by atoms with E-state index in [0.29, 0.717) is 0 Å². The van der Waals surface area contributed by atoms with Crippen molar-refractivity contribution in [1.29, 1.82) is 0 Å². The van der Waals surface area contributed by atoms with Gasteiger partial charge in [0.1, 0.15) is 6.10 Å². The lowest BCUT2D eigenvalue weighted by Crippen LogP contribution is -2.64. The van der Waals surface area contributed by atoms with Gasteiger partial charge in [-0.05, 0) is 6.92 Å². The second kappa shape index (κ2) is 6.12. The smallest absolute Gasteiger partial charge is 0.303 e. The van der Waals surface area contributed by atoms with E-state index >= 15 is 0 Å². The molecule has 1 amide bonds. The van der Waals surface area contributed by atoms with E-state index in [1.54, 1.807) is 6.92 Å². The molecule has 0 bridgehead atoms. The normalized spacial score (nSPS) is 35.9. The lowest BCUT2D eigenvalue weighted by Gasteiger charge is -2.42. The van der Waals surface area contributed by atoms with Gasteiger partial charge < -0.3 is 24.6 Å². The van der Waals surface area contributed by atoms with Gasteiger partial charge >= 0.3 is 5.97 Å². The highest BCUT2D eigenvalue weighted by atomic mass is 16.7. The first kappa shape index (κ1) is 14.9. The van der Waals surface area contributed by atoms with Crippen molar-refractivity contribution in [1.82, 2.24) is 5.32 Å². The number of hydrogen-bond acceptors (Lipinski definition) is 6. The highest BCUT2D eigenvalue weighted by molar-refractivity contribution is 5.73. The van der Waals surface area contributed by atoms with Gasteiger partial charge in [-0.3, -0.25) is 9.59 Å². The predicted octanol–water partition coefficient (Wildman–Crippen LogP) is -0.825. The molecule has 7 heteroatoms. The Bertz CT molecular complexity index is 321. The molecule has 0 aliphatic carbocycles. The van der Waals surface area contributed by atoms with E-state index < -0.39 is 36.6 Å². The number of aliphatic hydroxyl groups excluding tert-OH is 1. The van der Waals surface area contributed by atoms with Crippen LogP contribution in [-0.4, -0.2) is 54.7 Å². The molecule has 1 aliphatic heterocycles. The van der Waals surface area contributed by atoms with E-state index in [1.807, 2.05) is 0 Å². The Morgan fingerprint density at radius 1 is 1.28 bits per heavy atom. The van der Waals surface area contributed by atoms with Crippen LogP contribution in [0.3, 0.4) is 0 Å². The molecular formula is C11H19NO6. The minimum Gasteiger partial charge on any atom is -0.457 e. The largest absolute Gasteiger partial charge is 0.457 e. The first-order valence-electron chi connectivity index (χ1n) is 5.67. The van der Waals surface area contributed by atoms with Crippen LogP contribution >= 0.6 is 0 Å². The molecular weight excluding hydrogens is 242 g/mol. The van der Waals surface area contributed by atoms with E-state index in [1.165, 1.54) is 21.0 Å². The second-order valence-electron chi connectivity index (χ2n) is 4.23. The number of ether oxygens (including phenoxy) is 3. The van der Waals surface area contributed by atoms with Crippen LogP contribution in [0, 0.1) is 0 Å². The average molecular weight is 261 g/mol. The molecule has 1 rings (SSSR count). The van der Waals surface area contributed by atoms with Gasteiger partial charge in [0.15, 0.2) is 12.4 Å². The molecule has 104 valence electrons. The average Bonchev–Trinajstić information content (AvgIpc) is 2.23. The number of amides is 1. The summed E-state index contributed by atoms with van der Waals surface area (Å²) in [6.07, 6.45) is -3.24. The highest BCUT2D eigenvalue weighted by Gasteiger charge is 2.46. The van der Waals surface area contributed by atoms with Crippen LogP contribution in [-0.2, 0) is 23.8 Å². The van der Waals surface area contributed by atoms with Crippen molar-refractivity contribution in [2.45, 2.75) is 51.4 Å². The summed E-state index contributed by atoms with van der Waals surface area (Å²) < 4.78 is 15.4. The zero-order valence-corrected chi connectivity index (χ0v) is 10.9. The summed E-state index contributed by atoms with van der Waals surface area (Å²) in [6, 6.07) is -0.657. The number of nitrogens with one attached hydrogen (secondary N) is 1. The Hall–Kier alpha value is -1.18. The van der Waals surface area contributed by atoms with Crippen molar-refractivity contribution in [2.75, 3.05) is 7.11 Å². The molecule has 5 atom stereocenters. The standard InChI is InChI=1S/C11H19NO6/c1-5-9(18-7(3)14)8(12-6(2)13)10(16-4)11(15)17-5/h5,8-11,15H,1-4H3,(H,12,13)/t5-,8-,9+,10-,11+/m1/s1. The molecule has 1 aliphatic rings. The zero-order valence-electron chi connectivity index (χ0n) is 10.9. The summed E-state index contributed by atoms with van der Waals surface area (Å²) >= 11 is 0. The minimum atomic E-state index is -1.19. The van der Waals surface area contributed by atoms with Crippen molar-refractivity contribution in [3.8, 4) is 0 Å². The van der Waals surface area contributed by atoms with E-state index in [4.69, 9.17) is 14.2 Å². The molecule has 0 aromatic heterocycles. The van der Waals surface area contributed by atoms with Crippen LogP contribution in [0.15, 0.2) is 0 Å². The Morgan fingerprint density at radius 2 is 1.89 bits per heavy atom. The van der Waals surface area contributed by atoms with Crippen LogP contribution in [0.2, 0.25) is 0 Å². The van der Waals surface area contributed by atoms with Gasteiger partial charge in [-0.1, -0.05) is 0 Å². The lowest BCUT2D eigenvalue weighted by atomic mass is 9.96. The third-order valence-corrected chi connectivity index (χ3v) is 2.75. The number of carbonyl (C=O) groups excluding carboxylic acids is 2. The van der Waals surface area contributed by atoms with Crippen molar-refractivity contribution in [2.24, 2.45) is 0 Å². The third kappa shape index (κ3) is 3.41. The van der Waals surface area contributed by atoms with Crippen LogP contribution in [0.25, 0.3) is 0 Å². The van der Waals surface area contributed by atoms with Gasteiger partial charge in [0.05, 0.1) is 12.1 Å². The third-order valence-electron chi connectivity index (χ3n) is 2.75. The van der Waals surface area contributed by atoms with Crippen molar-refractivity contribution in [3.05, 3.63) is 0 Å². The Balaban J connectivity index is 2.93. The first-order valence-corrected chi connectivity index (χ1v) is 5.67. The number of rotatable bonds is 3. The zero-order chi connectivity index (χ0) is 13.9. The van der Waals surface area contributed by atoms with Crippen molar-refractivity contribution in [3.63, 3.8) is 0 Å². The number of aliphatic hydroxyl groups is 1.